The zero-order valence-corrected chi connectivity index (χ0v) is 49.9. The Hall–Kier alpha value is -8.18. The van der Waals surface area contributed by atoms with Crippen LogP contribution in [0.1, 0.15) is 103 Å². The maximum Gasteiger partial charge on any atom is 0.135 e. The molecule has 9 aromatic carbocycles. The Morgan fingerprint density at radius 3 is 1.64 bits per heavy atom. The molecule has 0 spiro atoms. The van der Waals surface area contributed by atoms with E-state index in [1.165, 1.54) is 67.1 Å². The summed E-state index contributed by atoms with van der Waals surface area (Å²) in [5.41, 5.74) is 21.2. The van der Waals surface area contributed by atoms with Crippen LogP contribution in [-0.2, 0) is 42.7 Å². The van der Waals surface area contributed by atoms with Gasteiger partial charge in [-0.3, -0.25) is 0 Å². The van der Waals surface area contributed by atoms with Crippen molar-refractivity contribution in [3.63, 3.8) is 0 Å². The van der Waals surface area contributed by atoms with E-state index in [4.69, 9.17) is 9.72 Å². The first-order valence-corrected chi connectivity index (χ1v) is 28.0. The van der Waals surface area contributed by atoms with Gasteiger partial charge < -0.3 is 24.0 Å². The molecule has 14 rings (SSSR count). The normalized spacial score (nSPS) is 14.8. The van der Waals surface area contributed by atoms with E-state index in [9.17, 15) is 0 Å². The summed E-state index contributed by atoms with van der Waals surface area (Å²) in [4.78, 5) is 12.2. The number of rotatable bonds is 7. The van der Waals surface area contributed by atoms with E-state index in [0.717, 1.165) is 55.9 Å². The predicted molar refractivity (Wildman–Crippen MR) is 331 cm³/mol. The summed E-state index contributed by atoms with van der Waals surface area (Å²) in [5.74, 6) is 2.07. The van der Waals surface area contributed by atoms with Crippen LogP contribution in [-0.4, -0.2) is 9.55 Å². The summed E-state index contributed by atoms with van der Waals surface area (Å²) in [7, 11) is 0. The molecule has 404 valence electrons. The maximum atomic E-state index is 6.97. The number of ether oxygens (including phenoxy) is 1. The molecule has 0 aliphatic carbocycles. The van der Waals surface area contributed by atoms with Crippen LogP contribution in [0.2, 0.25) is 0 Å². The number of benzene rings is 9. The van der Waals surface area contributed by atoms with Gasteiger partial charge in [-0.15, -0.1) is 53.6 Å². The molecule has 0 saturated carbocycles. The van der Waals surface area contributed by atoms with Crippen molar-refractivity contribution in [1.29, 1.82) is 0 Å². The minimum atomic E-state index is -0.365. The topological polar surface area (TPSA) is 36.8 Å². The van der Waals surface area contributed by atoms with Crippen LogP contribution >= 0.6 is 0 Å². The molecule has 7 heteroatoms. The van der Waals surface area contributed by atoms with Crippen molar-refractivity contribution >= 4 is 61.6 Å². The van der Waals surface area contributed by atoms with E-state index in [-0.39, 0.29) is 42.7 Å². The SMILES string of the molecule is CC(C)(C)c1cc(Oc2[c-]c3c(cc2)c2ccccc2n3-c2cc(C(C)(C)C)ccn2)[c-]c(N2[CH-]N(c3cc4c5c(c3)C(C)(C)c3cc(-c6ccccc6)ccc3N5c3ccc(-c5ccccc5)cc3C4(C)C)c3ccccc32)c1.[Pt]. The van der Waals surface area contributed by atoms with Crippen LogP contribution in [0.15, 0.2) is 200 Å². The number of hydrogen-bond acceptors (Lipinski definition) is 5. The number of fused-ring (bicyclic) bond motifs is 8. The second-order valence-electron chi connectivity index (χ2n) is 25.1. The van der Waals surface area contributed by atoms with Crippen molar-refractivity contribution < 1.29 is 25.8 Å². The van der Waals surface area contributed by atoms with E-state index in [2.05, 4.69) is 295 Å². The molecule has 0 N–H and O–H groups in total. The number of pyridine rings is 1. The fourth-order valence-corrected chi connectivity index (χ4v) is 12.6. The Labute approximate surface area is 491 Å². The van der Waals surface area contributed by atoms with Gasteiger partial charge >= 0.3 is 0 Å². The summed E-state index contributed by atoms with van der Waals surface area (Å²) in [6.45, 7) is 25.4. The van der Waals surface area contributed by atoms with Crippen molar-refractivity contribution in [2.45, 2.75) is 90.9 Å². The van der Waals surface area contributed by atoms with Crippen LogP contribution in [0.25, 0.3) is 49.9 Å². The van der Waals surface area contributed by atoms with Crippen LogP contribution in [0.3, 0.4) is 0 Å². The molecule has 0 bridgehead atoms. The van der Waals surface area contributed by atoms with Gasteiger partial charge in [0.1, 0.15) is 5.82 Å². The van der Waals surface area contributed by atoms with Gasteiger partial charge in [0.25, 0.3) is 0 Å². The number of para-hydroxylation sites is 3. The molecule has 6 nitrogen and oxygen atoms in total. The third-order valence-electron chi connectivity index (χ3n) is 17.2. The largest absolute Gasteiger partial charge is 0.509 e. The fourth-order valence-electron chi connectivity index (χ4n) is 12.6. The van der Waals surface area contributed by atoms with Crippen LogP contribution < -0.4 is 19.4 Å². The number of nitrogens with zero attached hydrogens (tertiary/aromatic N) is 5. The summed E-state index contributed by atoms with van der Waals surface area (Å²) in [6.07, 6.45) is 1.91. The predicted octanol–water partition coefficient (Wildman–Crippen LogP) is 19.7. The molecule has 3 aliphatic heterocycles. The van der Waals surface area contributed by atoms with E-state index in [1.54, 1.807) is 0 Å². The van der Waals surface area contributed by atoms with E-state index >= 15 is 0 Å². The molecule has 11 aromatic rings. The molecular weight excluding hydrogens is 1170 g/mol. The molecule has 0 atom stereocenters. The zero-order chi connectivity index (χ0) is 55.0. The second kappa shape index (κ2) is 19.0. The van der Waals surface area contributed by atoms with Gasteiger partial charge in [-0.2, -0.15) is 6.07 Å². The van der Waals surface area contributed by atoms with E-state index in [1.807, 2.05) is 12.3 Å². The average molecular weight is 1230 g/mol. The van der Waals surface area contributed by atoms with Crippen LogP contribution in [0.5, 0.6) is 11.5 Å². The molecule has 0 saturated heterocycles. The van der Waals surface area contributed by atoms with Gasteiger partial charge in [-0.1, -0.05) is 178 Å². The molecule has 2 aromatic heterocycles. The van der Waals surface area contributed by atoms with Crippen molar-refractivity contribution in [3.8, 4) is 39.6 Å². The first kappa shape index (κ1) is 52.2. The molecule has 0 fully saturated rings. The Kier molecular flexibility index (Phi) is 12.2. The minimum Gasteiger partial charge on any atom is -0.509 e. The van der Waals surface area contributed by atoms with E-state index < -0.39 is 0 Å². The fraction of sp³-hybridized carbons (Fsp3) is 0.189. The second-order valence-corrected chi connectivity index (χ2v) is 25.1. The smallest absolute Gasteiger partial charge is 0.135 e. The maximum absolute atomic E-state index is 6.97. The van der Waals surface area contributed by atoms with Gasteiger partial charge in [0, 0.05) is 72.2 Å². The minimum absolute atomic E-state index is 0. The van der Waals surface area contributed by atoms with Crippen molar-refractivity contribution in [2.24, 2.45) is 0 Å². The molecule has 3 aliphatic rings. The Morgan fingerprint density at radius 2 is 1.04 bits per heavy atom. The first-order valence-electron chi connectivity index (χ1n) is 28.0. The summed E-state index contributed by atoms with van der Waals surface area (Å²) in [5, 5.41) is 2.23. The Balaban J connectivity index is 0.00000618. The van der Waals surface area contributed by atoms with Crippen molar-refractivity contribution in [1.82, 2.24) is 9.55 Å². The number of anilines is 7. The Morgan fingerprint density at radius 1 is 0.469 bits per heavy atom. The molecule has 0 unspecified atom stereocenters. The molecular formula is C74H64N5OPt-3. The van der Waals surface area contributed by atoms with Crippen LogP contribution in [0.4, 0.5) is 39.8 Å². The third-order valence-corrected chi connectivity index (χ3v) is 17.2. The summed E-state index contributed by atoms with van der Waals surface area (Å²) in [6, 6.07) is 78.3. The Bertz CT molecular complexity index is 4170. The van der Waals surface area contributed by atoms with Crippen molar-refractivity contribution in [2.75, 3.05) is 14.7 Å². The van der Waals surface area contributed by atoms with Gasteiger partial charge in [0.05, 0.1) is 17.1 Å². The van der Waals surface area contributed by atoms with E-state index in [0.29, 0.717) is 11.5 Å². The third kappa shape index (κ3) is 8.51. The molecule has 0 amide bonds. The summed E-state index contributed by atoms with van der Waals surface area (Å²) < 4.78 is 9.19. The van der Waals surface area contributed by atoms with Crippen LogP contribution in [0, 0.1) is 18.8 Å². The quantitative estimate of drug-likeness (QED) is 0.149. The van der Waals surface area contributed by atoms with Crippen molar-refractivity contribution in [3.05, 3.63) is 253 Å². The molecule has 0 radical (unpaired) electrons. The number of hydrogen-bond donors (Lipinski definition) is 0. The monoisotopic (exact) mass is 1230 g/mol. The standard InChI is InChI=1S/C74H64N5O.Pt/c1-71(2,3)51-35-36-75-69(41-51)78-63-26-18-17-25-57(63)58-32-31-55(45-68(58)78)80-56-40-52(72(4,5)6)39-53(42-56)76-46-77(67-28-20-19-27-66(67)76)54-43-61-70-62(44-54)74(9,10)60-38-50(48-23-15-12-16-24-48)30-34-65(60)79(70)64-33-29-49(37-59(64)73(61,7)8)47-21-13-11-14-22-47;/h11-41,43-44,46H,1-10H3;/q-3;. The average Bonchev–Trinajstić information content (AvgIpc) is 3.14. The van der Waals surface area contributed by atoms with Gasteiger partial charge in [0.2, 0.25) is 0 Å². The zero-order valence-electron chi connectivity index (χ0n) is 47.6. The molecule has 81 heavy (non-hydrogen) atoms. The summed E-state index contributed by atoms with van der Waals surface area (Å²) >= 11 is 0. The van der Waals surface area contributed by atoms with Gasteiger partial charge in [-0.25, -0.2) is 4.98 Å². The van der Waals surface area contributed by atoms with Gasteiger partial charge in [-0.05, 0) is 133 Å². The van der Waals surface area contributed by atoms with Gasteiger partial charge in [0.15, 0.2) is 0 Å². The molecule has 5 heterocycles. The number of aromatic nitrogens is 2. The first-order chi connectivity index (χ1) is 38.4.